The number of hydrogen-bond donors (Lipinski definition) is 1. The van der Waals surface area contributed by atoms with Crippen molar-refractivity contribution < 1.29 is 0 Å². The average molecular weight is 235 g/mol. The van der Waals surface area contributed by atoms with Crippen LogP contribution in [0.15, 0.2) is 30.5 Å². The number of nitrogens with one attached hydrogen (secondary N) is 1. The second-order valence-electron chi connectivity index (χ2n) is 3.77. The molecule has 0 amide bonds. The molecule has 0 saturated carbocycles. The van der Waals surface area contributed by atoms with Gasteiger partial charge in [-0.25, -0.2) is 0 Å². The van der Waals surface area contributed by atoms with Crippen molar-refractivity contribution >= 4 is 28.2 Å². The summed E-state index contributed by atoms with van der Waals surface area (Å²) in [7, 11) is 0. The van der Waals surface area contributed by atoms with Crippen LogP contribution in [0.3, 0.4) is 0 Å². The van der Waals surface area contributed by atoms with E-state index in [9.17, 15) is 0 Å². The second-order valence-corrected chi connectivity index (χ2v) is 4.18. The summed E-state index contributed by atoms with van der Waals surface area (Å²) in [6.45, 7) is 3.16. The first-order valence-corrected chi connectivity index (χ1v) is 5.98. The van der Waals surface area contributed by atoms with Crippen LogP contribution >= 0.6 is 11.6 Å². The zero-order valence-corrected chi connectivity index (χ0v) is 10.1. The highest BCUT2D eigenvalue weighted by atomic mass is 35.5. The Bertz CT molecular complexity index is 482. The van der Waals surface area contributed by atoms with Crippen LogP contribution in [0.1, 0.15) is 19.8 Å². The van der Waals surface area contributed by atoms with E-state index in [-0.39, 0.29) is 0 Å². The van der Waals surface area contributed by atoms with Gasteiger partial charge in [0, 0.05) is 18.1 Å². The fourth-order valence-electron chi connectivity index (χ4n) is 1.68. The molecule has 0 fully saturated rings. The molecule has 0 unspecified atom stereocenters. The maximum atomic E-state index is 6.12. The molecule has 1 aromatic carbocycles. The summed E-state index contributed by atoms with van der Waals surface area (Å²) in [4.78, 5) is 4.37. The molecule has 0 aliphatic carbocycles. The third-order valence-electron chi connectivity index (χ3n) is 2.56. The molecule has 0 aliphatic heterocycles. The van der Waals surface area contributed by atoms with Crippen LogP contribution in [-0.2, 0) is 0 Å². The van der Waals surface area contributed by atoms with Crippen molar-refractivity contribution in [2.24, 2.45) is 0 Å². The minimum atomic E-state index is 0.754. The first-order valence-electron chi connectivity index (χ1n) is 5.60. The quantitative estimate of drug-likeness (QED) is 0.806. The SMILES string of the molecule is CCCCNc1ccc(Cl)c2cccnc12. The predicted octanol–water partition coefficient (Wildman–Crippen LogP) is 4.10. The summed E-state index contributed by atoms with van der Waals surface area (Å²) < 4.78 is 0. The number of hydrogen-bond acceptors (Lipinski definition) is 2. The number of aromatic nitrogens is 1. The summed E-state index contributed by atoms with van der Waals surface area (Å²) in [5.41, 5.74) is 2.01. The average Bonchev–Trinajstić information content (AvgIpc) is 2.33. The monoisotopic (exact) mass is 234 g/mol. The predicted molar refractivity (Wildman–Crippen MR) is 70.2 cm³/mol. The Morgan fingerprint density at radius 3 is 3.00 bits per heavy atom. The first kappa shape index (κ1) is 11.2. The van der Waals surface area contributed by atoms with Crippen LogP contribution in [0.25, 0.3) is 10.9 Å². The smallest absolute Gasteiger partial charge is 0.0948 e. The second kappa shape index (κ2) is 5.17. The molecule has 0 bridgehead atoms. The zero-order chi connectivity index (χ0) is 11.4. The van der Waals surface area contributed by atoms with E-state index in [0.717, 1.165) is 34.6 Å². The Balaban J connectivity index is 2.35. The summed E-state index contributed by atoms with van der Waals surface area (Å²) in [5, 5.41) is 5.15. The Labute approximate surface area is 101 Å². The van der Waals surface area contributed by atoms with Crippen LogP contribution in [0.2, 0.25) is 5.02 Å². The number of unbranched alkanes of at least 4 members (excludes halogenated alkanes) is 1. The van der Waals surface area contributed by atoms with Gasteiger partial charge in [-0.05, 0) is 30.7 Å². The normalized spacial score (nSPS) is 10.6. The van der Waals surface area contributed by atoms with Crippen molar-refractivity contribution in [2.75, 3.05) is 11.9 Å². The number of nitrogens with zero attached hydrogens (tertiary/aromatic N) is 1. The van der Waals surface area contributed by atoms with Crippen molar-refractivity contribution in [1.82, 2.24) is 4.98 Å². The van der Waals surface area contributed by atoms with E-state index >= 15 is 0 Å². The molecule has 3 heteroatoms. The van der Waals surface area contributed by atoms with Gasteiger partial charge < -0.3 is 5.32 Å². The van der Waals surface area contributed by atoms with E-state index in [1.165, 1.54) is 6.42 Å². The highest BCUT2D eigenvalue weighted by molar-refractivity contribution is 6.35. The molecular formula is C13H15ClN2. The standard InChI is InChI=1S/C13H15ClN2/c1-2-3-8-15-12-7-6-11(14)10-5-4-9-16-13(10)12/h4-7,9,15H,2-3,8H2,1H3. The molecular weight excluding hydrogens is 220 g/mol. The van der Waals surface area contributed by atoms with Crippen molar-refractivity contribution in [2.45, 2.75) is 19.8 Å². The summed E-state index contributed by atoms with van der Waals surface area (Å²) in [5.74, 6) is 0. The van der Waals surface area contributed by atoms with Gasteiger partial charge in [-0.3, -0.25) is 4.98 Å². The van der Waals surface area contributed by atoms with Gasteiger partial charge in [-0.1, -0.05) is 24.9 Å². The van der Waals surface area contributed by atoms with Gasteiger partial charge in [0.2, 0.25) is 0 Å². The zero-order valence-electron chi connectivity index (χ0n) is 9.33. The lowest BCUT2D eigenvalue weighted by molar-refractivity contribution is 0.835. The molecule has 0 saturated heterocycles. The summed E-state index contributed by atoms with van der Waals surface area (Å²) >= 11 is 6.12. The Kier molecular flexibility index (Phi) is 3.62. The largest absolute Gasteiger partial charge is 0.383 e. The lowest BCUT2D eigenvalue weighted by Crippen LogP contribution is -2.01. The van der Waals surface area contributed by atoms with Crippen molar-refractivity contribution in [3.8, 4) is 0 Å². The molecule has 0 aliphatic rings. The van der Waals surface area contributed by atoms with Crippen LogP contribution < -0.4 is 5.32 Å². The molecule has 0 spiro atoms. The van der Waals surface area contributed by atoms with Gasteiger partial charge in [0.15, 0.2) is 0 Å². The third kappa shape index (κ3) is 2.27. The van der Waals surface area contributed by atoms with E-state index in [0.29, 0.717) is 0 Å². The lowest BCUT2D eigenvalue weighted by Gasteiger charge is -2.09. The van der Waals surface area contributed by atoms with E-state index in [1.807, 2.05) is 24.3 Å². The van der Waals surface area contributed by atoms with Crippen LogP contribution in [0, 0.1) is 0 Å². The number of halogens is 1. The number of benzene rings is 1. The molecule has 1 heterocycles. The molecule has 0 radical (unpaired) electrons. The Hall–Kier alpha value is -1.28. The topological polar surface area (TPSA) is 24.9 Å². The fraction of sp³-hybridized carbons (Fsp3) is 0.308. The number of rotatable bonds is 4. The van der Waals surface area contributed by atoms with Crippen molar-refractivity contribution in [3.63, 3.8) is 0 Å². The van der Waals surface area contributed by atoms with E-state index in [4.69, 9.17) is 11.6 Å². The molecule has 1 aromatic heterocycles. The summed E-state index contributed by atoms with van der Waals surface area (Å²) in [6.07, 6.45) is 4.15. The van der Waals surface area contributed by atoms with Crippen LogP contribution in [0.4, 0.5) is 5.69 Å². The van der Waals surface area contributed by atoms with Gasteiger partial charge in [-0.15, -0.1) is 0 Å². The molecule has 2 aromatic rings. The molecule has 84 valence electrons. The number of anilines is 1. The number of pyridine rings is 1. The highest BCUT2D eigenvalue weighted by Gasteiger charge is 2.04. The number of fused-ring (bicyclic) bond motifs is 1. The Morgan fingerprint density at radius 2 is 2.19 bits per heavy atom. The minimum Gasteiger partial charge on any atom is -0.383 e. The Morgan fingerprint density at radius 1 is 1.31 bits per heavy atom. The molecule has 16 heavy (non-hydrogen) atoms. The lowest BCUT2D eigenvalue weighted by atomic mass is 10.2. The van der Waals surface area contributed by atoms with E-state index < -0.39 is 0 Å². The molecule has 1 N–H and O–H groups in total. The summed E-state index contributed by atoms with van der Waals surface area (Å²) in [6, 6.07) is 7.81. The van der Waals surface area contributed by atoms with Crippen molar-refractivity contribution in [3.05, 3.63) is 35.5 Å². The first-order chi connectivity index (χ1) is 7.83. The van der Waals surface area contributed by atoms with Gasteiger partial charge >= 0.3 is 0 Å². The van der Waals surface area contributed by atoms with E-state index in [2.05, 4.69) is 17.2 Å². The van der Waals surface area contributed by atoms with Crippen LogP contribution in [0.5, 0.6) is 0 Å². The van der Waals surface area contributed by atoms with Gasteiger partial charge in [0.05, 0.1) is 16.2 Å². The molecule has 0 atom stereocenters. The van der Waals surface area contributed by atoms with E-state index in [1.54, 1.807) is 6.20 Å². The molecule has 2 rings (SSSR count). The van der Waals surface area contributed by atoms with Gasteiger partial charge in [0.25, 0.3) is 0 Å². The highest BCUT2D eigenvalue weighted by Crippen LogP contribution is 2.27. The maximum absolute atomic E-state index is 6.12. The van der Waals surface area contributed by atoms with Crippen molar-refractivity contribution in [1.29, 1.82) is 0 Å². The maximum Gasteiger partial charge on any atom is 0.0948 e. The van der Waals surface area contributed by atoms with Gasteiger partial charge in [-0.2, -0.15) is 0 Å². The van der Waals surface area contributed by atoms with Crippen LogP contribution in [-0.4, -0.2) is 11.5 Å². The minimum absolute atomic E-state index is 0.754. The van der Waals surface area contributed by atoms with Gasteiger partial charge in [0.1, 0.15) is 0 Å². The third-order valence-corrected chi connectivity index (χ3v) is 2.89. The fourth-order valence-corrected chi connectivity index (χ4v) is 1.90. The molecule has 2 nitrogen and oxygen atoms in total.